The molecule has 4 atom stereocenters. The molecule has 1 aromatic heterocycles. The van der Waals surface area contributed by atoms with E-state index in [4.69, 9.17) is 0 Å². The molecule has 0 radical (unpaired) electrons. The van der Waals surface area contributed by atoms with Crippen molar-refractivity contribution in [1.29, 1.82) is 0 Å². The van der Waals surface area contributed by atoms with Crippen LogP contribution in [0.25, 0.3) is 0 Å². The molecule has 116 valence electrons. The fraction of sp³-hybridized carbons (Fsp3) is 0.706. The first-order chi connectivity index (χ1) is 10.1. The van der Waals surface area contributed by atoms with E-state index in [0.29, 0.717) is 12.0 Å². The van der Waals surface area contributed by atoms with Gasteiger partial charge in [-0.25, -0.2) is 0 Å². The molecule has 4 unspecified atom stereocenters. The molecule has 0 aromatic carbocycles. The van der Waals surface area contributed by atoms with Gasteiger partial charge in [-0.05, 0) is 50.7 Å². The Kier molecular flexibility index (Phi) is 4.36. The van der Waals surface area contributed by atoms with Crippen molar-refractivity contribution in [3.8, 4) is 0 Å². The molecule has 3 nitrogen and oxygen atoms in total. The molecule has 1 saturated carbocycles. The van der Waals surface area contributed by atoms with Crippen LogP contribution in [0.15, 0.2) is 12.1 Å². The number of carbonyl (C=O) groups is 1. The van der Waals surface area contributed by atoms with Crippen molar-refractivity contribution >= 4 is 17.3 Å². The zero-order valence-corrected chi connectivity index (χ0v) is 13.7. The quantitative estimate of drug-likeness (QED) is 0.911. The number of nitrogens with zero attached hydrogens (tertiary/aromatic N) is 1. The first-order valence-electron chi connectivity index (χ1n) is 8.20. The summed E-state index contributed by atoms with van der Waals surface area (Å²) in [5.41, 5.74) is 0. The zero-order valence-electron chi connectivity index (χ0n) is 12.9. The number of fused-ring (bicyclic) bond motifs is 1. The first kappa shape index (κ1) is 15.0. The van der Waals surface area contributed by atoms with Crippen LogP contribution in [0, 0.1) is 5.92 Å². The second kappa shape index (κ2) is 6.09. The summed E-state index contributed by atoms with van der Waals surface area (Å²) in [6.45, 7) is 4.37. The van der Waals surface area contributed by atoms with Gasteiger partial charge in [0, 0.05) is 21.8 Å². The van der Waals surface area contributed by atoms with Gasteiger partial charge < -0.3 is 5.11 Å². The van der Waals surface area contributed by atoms with Crippen LogP contribution in [0.3, 0.4) is 0 Å². The van der Waals surface area contributed by atoms with E-state index in [1.807, 2.05) is 11.3 Å². The molecular formula is C17H25NO2S. The maximum Gasteiger partial charge on any atom is 0.320 e. The number of thiophene rings is 1. The van der Waals surface area contributed by atoms with E-state index < -0.39 is 5.97 Å². The van der Waals surface area contributed by atoms with Gasteiger partial charge in [0.05, 0.1) is 0 Å². The SMILES string of the molecule is CCc1ccc(C(C)N2C(C(=O)O)CC3CCCCC32)s1. The lowest BCUT2D eigenvalue weighted by atomic mass is 9.84. The minimum absolute atomic E-state index is 0.226. The minimum Gasteiger partial charge on any atom is -0.480 e. The third kappa shape index (κ3) is 2.76. The number of carboxylic acids is 1. The van der Waals surface area contributed by atoms with Crippen LogP contribution in [0.5, 0.6) is 0 Å². The van der Waals surface area contributed by atoms with Crippen LogP contribution < -0.4 is 0 Å². The van der Waals surface area contributed by atoms with Crippen LogP contribution >= 0.6 is 11.3 Å². The van der Waals surface area contributed by atoms with E-state index >= 15 is 0 Å². The van der Waals surface area contributed by atoms with Gasteiger partial charge in [-0.2, -0.15) is 0 Å². The summed E-state index contributed by atoms with van der Waals surface area (Å²) in [5, 5.41) is 9.64. The summed E-state index contributed by atoms with van der Waals surface area (Å²) in [4.78, 5) is 16.7. The lowest BCUT2D eigenvalue weighted by Gasteiger charge is -2.36. The van der Waals surface area contributed by atoms with Crippen LogP contribution in [-0.4, -0.2) is 28.1 Å². The van der Waals surface area contributed by atoms with Crippen LogP contribution in [0.2, 0.25) is 0 Å². The Morgan fingerprint density at radius 3 is 2.86 bits per heavy atom. The highest BCUT2D eigenvalue weighted by Gasteiger charge is 2.47. The van der Waals surface area contributed by atoms with E-state index in [0.717, 1.165) is 12.8 Å². The maximum atomic E-state index is 11.7. The lowest BCUT2D eigenvalue weighted by Crippen LogP contribution is -2.43. The van der Waals surface area contributed by atoms with Gasteiger partial charge in [0.1, 0.15) is 6.04 Å². The summed E-state index contributed by atoms with van der Waals surface area (Å²) in [6.07, 6.45) is 6.81. The third-order valence-electron chi connectivity index (χ3n) is 5.31. The molecular weight excluding hydrogens is 282 g/mol. The molecule has 1 saturated heterocycles. The largest absolute Gasteiger partial charge is 0.480 e. The fourth-order valence-electron chi connectivity index (χ4n) is 4.24. The molecule has 0 bridgehead atoms. The number of rotatable bonds is 4. The summed E-state index contributed by atoms with van der Waals surface area (Å²) >= 11 is 1.85. The highest BCUT2D eigenvalue weighted by Crippen LogP contribution is 2.44. The molecule has 1 N–H and O–H groups in total. The molecule has 4 heteroatoms. The number of aryl methyl sites for hydroxylation is 1. The predicted octanol–water partition coefficient (Wildman–Crippen LogP) is 4.09. The normalized spacial score (nSPS) is 31.0. The van der Waals surface area contributed by atoms with E-state index in [-0.39, 0.29) is 12.1 Å². The Bertz CT molecular complexity index is 513. The van der Waals surface area contributed by atoms with Crippen molar-refractivity contribution in [3.63, 3.8) is 0 Å². The van der Waals surface area contributed by atoms with Crippen molar-refractivity contribution in [3.05, 3.63) is 21.9 Å². The van der Waals surface area contributed by atoms with Crippen LogP contribution in [0.4, 0.5) is 0 Å². The lowest BCUT2D eigenvalue weighted by molar-refractivity contribution is -0.143. The van der Waals surface area contributed by atoms with E-state index in [9.17, 15) is 9.90 Å². The molecule has 21 heavy (non-hydrogen) atoms. The summed E-state index contributed by atoms with van der Waals surface area (Å²) in [6, 6.07) is 4.80. The molecule has 0 amide bonds. The summed E-state index contributed by atoms with van der Waals surface area (Å²) in [5.74, 6) is -0.0450. The number of likely N-dealkylation sites (tertiary alicyclic amines) is 1. The zero-order chi connectivity index (χ0) is 15.0. The molecule has 3 rings (SSSR count). The van der Waals surface area contributed by atoms with Crippen molar-refractivity contribution in [2.45, 2.75) is 70.5 Å². The van der Waals surface area contributed by atoms with Crippen molar-refractivity contribution < 1.29 is 9.90 Å². The number of hydrogen-bond donors (Lipinski definition) is 1. The third-order valence-corrected chi connectivity index (χ3v) is 6.71. The van der Waals surface area contributed by atoms with Gasteiger partial charge >= 0.3 is 5.97 Å². The van der Waals surface area contributed by atoms with Gasteiger partial charge in [0.2, 0.25) is 0 Å². The van der Waals surface area contributed by atoms with Gasteiger partial charge in [0.25, 0.3) is 0 Å². The molecule has 2 heterocycles. The molecule has 1 aromatic rings. The molecule has 2 aliphatic rings. The number of hydrogen-bond acceptors (Lipinski definition) is 3. The fourth-order valence-corrected chi connectivity index (χ4v) is 5.25. The average molecular weight is 307 g/mol. The molecule has 0 spiro atoms. The van der Waals surface area contributed by atoms with E-state index in [2.05, 4.69) is 30.9 Å². The summed E-state index contributed by atoms with van der Waals surface area (Å²) < 4.78 is 0. The number of carboxylic acid groups (broad SMARTS) is 1. The number of aliphatic carboxylic acids is 1. The van der Waals surface area contributed by atoms with E-state index in [1.165, 1.54) is 35.4 Å². The second-order valence-electron chi connectivity index (χ2n) is 6.48. The maximum absolute atomic E-state index is 11.7. The molecule has 1 aliphatic heterocycles. The Labute approximate surface area is 131 Å². The van der Waals surface area contributed by atoms with Crippen molar-refractivity contribution in [2.24, 2.45) is 5.92 Å². The Balaban J connectivity index is 1.86. The molecule has 1 aliphatic carbocycles. The Morgan fingerprint density at radius 2 is 2.19 bits per heavy atom. The standard InChI is InChI=1S/C17H25NO2S/c1-3-13-8-9-16(21-13)11(2)18-14-7-5-4-6-12(14)10-15(18)17(19)20/h8-9,11-12,14-15H,3-7,10H2,1-2H3,(H,19,20). The smallest absolute Gasteiger partial charge is 0.320 e. The van der Waals surface area contributed by atoms with Gasteiger partial charge in [-0.1, -0.05) is 19.8 Å². The molecule has 2 fully saturated rings. The minimum atomic E-state index is -0.636. The Morgan fingerprint density at radius 1 is 1.43 bits per heavy atom. The topological polar surface area (TPSA) is 40.5 Å². The summed E-state index contributed by atoms with van der Waals surface area (Å²) in [7, 11) is 0. The van der Waals surface area contributed by atoms with Crippen LogP contribution in [0.1, 0.15) is 61.7 Å². The second-order valence-corrected chi connectivity index (χ2v) is 7.68. The van der Waals surface area contributed by atoms with Crippen molar-refractivity contribution in [1.82, 2.24) is 4.90 Å². The van der Waals surface area contributed by atoms with Crippen molar-refractivity contribution in [2.75, 3.05) is 0 Å². The first-order valence-corrected chi connectivity index (χ1v) is 9.02. The predicted molar refractivity (Wildman–Crippen MR) is 85.7 cm³/mol. The van der Waals surface area contributed by atoms with Gasteiger partial charge in [0.15, 0.2) is 0 Å². The highest BCUT2D eigenvalue weighted by atomic mass is 32.1. The van der Waals surface area contributed by atoms with Gasteiger partial charge in [-0.15, -0.1) is 11.3 Å². The van der Waals surface area contributed by atoms with Gasteiger partial charge in [-0.3, -0.25) is 9.69 Å². The van der Waals surface area contributed by atoms with E-state index in [1.54, 1.807) is 0 Å². The average Bonchev–Trinajstić information content (AvgIpc) is 3.11. The Hall–Kier alpha value is -0.870. The van der Waals surface area contributed by atoms with Crippen LogP contribution in [-0.2, 0) is 11.2 Å². The highest BCUT2D eigenvalue weighted by molar-refractivity contribution is 7.12. The monoisotopic (exact) mass is 307 g/mol.